The van der Waals surface area contributed by atoms with Gasteiger partial charge in [0.2, 0.25) is 0 Å². The molecule has 6 nitrogen and oxygen atoms in total. The fraction of sp³-hybridized carbons (Fsp3) is 0.167. The van der Waals surface area contributed by atoms with Crippen LogP contribution in [0.5, 0.6) is 0 Å². The third-order valence-electron chi connectivity index (χ3n) is 2.45. The van der Waals surface area contributed by atoms with Gasteiger partial charge in [-0.3, -0.25) is 9.78 Å². The Balaban J connectivity index is 2.16. The number of hydrogen-bond acceptors (Lipinski definition) is 5. The minimum atomic E-state index is -0.973. The summed E-state index contributed by atoms with van der Waals surface area (Å²) in [5.41, 5.74) is 0.931. The van der Waals surface area contributed by atoms with Gasteiger partial charge in [-0.2, -0.15) is 0 Å². The molecule has 98 valence electrons. The standard InChI is InChI=1S/C12H11N3O3S/c1-7-10(16)13-12(15-14-7)19-6-8-4-2-3-5-9(8)11(17)18/h2-5H,6H2,1H3,(H,17,18)(H,13,15,16). The Morgan fingerprint density at radius 1 is 1.37 bits per heavy atom. The third kappa shape index (κ3) is 3.19. The zero-order chi connectivity index (χ0) is 13.8. The largest absolute Gasteiger partial charge is 0.478 e. The van der Waals surface area contributed by atoms with E-state index in [0.29, 0.717) is 22.2 Å². The van der Waals surface area contributed by atoms with Crippen LogP contribution < -0.4 is 5.56 Å². The van der Waals surface area contributed by atoms with Crippen LogP contribution in [-0.4, -0.2) is 26.3 Å². The Bertz CT molecular complexity index is 669. The molecule has 0 amide bonds. The molecule has 0 aliphatic rings. The van der Waals surface area contributed by atoms with Crippen LogP contribution in [0.25, 0.3) is 0 Å². The lowest BCUT2D eigenvalue weighted by atomic mass is 10.1. The minimum Gasteiger partial charge on any atom is -0.478 e. The summed E-state index contributed by atoms with van der Waals surface area (Å²) in [5.74, 6) is -0.574. The number of benzene rings is 1. The van der Waals surface area contributed by atoms with Crippen molar-refractivity contribution >= 4 is 17.7 Å². The molecule has 2 rings (SSSR count). The Morgan fingerprint density at radius 2 is 2.11 bits per heavy atom. The van der Waals surface area contributed by atoms with Gasteiger partial charge < -0.3 is 5.11 Å². The number of carbonyl (C=O) groups is 1. The van der Waals surface area contributed by atoms with E-state index in [9.17, 15) is 9.59 Å². The van der Waals surface area contributed by atoms with E-state index in [1.807, 2.05) is 0 Å². The maximum absolute atomic E-state index is 11.4. The van der Waals surface area contributed by atoms with E-state index in [0.717, 1.165) is 0 Å². The number of aromatic carboxylic acids is 1. The van der Waals surface area contributed by atoms with Crippen molar-refractivity contribution in [3.63, 3.8) is 0 Å². The van der Waals surface area contributed by atoms with Crippen LogP contribution in [-0.2, 0) is 5.75 Å². The summed E-state index contributed by atoms with van der Waals surface area (Å²) in [6, 6.07) is 6.72. The van der Waals surface area contributed by atoms with Crippen molar-refractivity contribution in [3.8, 4) is 0 Å². The van der Waals surface area contributed by atoms with Crippen molar-refractivity contribution in [2.45, 2.75) is 17.8 Å². The average Bonchev–Trinajstić information content (AvgIpc) is 2.40. The van der Waals surface area contributed by atoms with E-state index in [1.54, 1.807) is 31.2 Å². The average molecular weight is 277 g/mol. The van der Waals surface area contributed by atoms with E-state index in [4.69, 9.17) is 5.11 Å². The maximum atomic E-state index is 11.4. The highest BCUT2D eigenvalue weighted by Gasteiger charge is 2.10. The first-order valence-electron chi connectivity index (χ1n) is 5.45. The van der Waals surface area contributed by atoms with Crippen molar-refractivity contribution in [3.05, 3.63) is 51.4 Å². The first kappa shape index (κ1) is 13.3. The lowest BCUT2D eigenvalue weighted by Gasteiger charge is -2.04. The minimum absolute atomic E-state index is 0.248. The van der Waals surface area contributed by atoms with Gasteiger partial charge >= 0.3 is 5.97 Å². The molecule has 0 aliphatic heterocycles. The van der Waals surface area contributed by atoms with E-state index < -0.39 is 5.97 Å². The number of aromatic amines is 1. The lowest BCUT2D eigenvalue weighted by molar-refractivity contribution is 0.0696. The summed E-state index contributed by atoms with van der Waals surface area (Å²) in [4.78, 5) is 25.0. The van der Waals surface area contributed by atoms with Crippen LogP contribution in [0.4, 0.5) is 0 Å². The van der Waals surface area contributed by atoms with Crippen molar-refractivity contribution < 1.29 is 9.90 Å². The van der Waals surface area contributed by atoms with Gasteiger partial charge in [-0.1, -0.05) is 30.0 Å². The molecule has 0 atom stereocenters. The predicted molar refractivity (Wildman–Crippen MR) is 70.4 cm³/mol. The number of thioether (sulfide) groups is 1. The topological polar surface area (TPSA) is 95.9 Å². The SMILES string of the molecule is Cc1nnc(SCc2ccccc2C(=O)O)[nH]c1=O. The number of hydrogen-bond donors (Lipinski definition) is 2. The molecule has 19 heavy (non-hydrogen) atoms. The van der Waals surface area contributed by atoms with Crippen LogP contribution in [0, 0.1) is 6.92 Å². The second-order valence-electron chi connectivity index (χ2n) is 3.80. The molecular weight excluding hydrogens is 266 g/mol. The van der Waals surface area contributed by atoms with Gasteiger partial charge in [-0.05, 0) is 18.6 Å². The van der Waals surface area contributed by atoms with Crippen molar-refractivity contribution in [1.29, 1.82) is 0 Å². The van der Waals surface area contributed by atoms with E-state index in [1.165, 1.54) is 11.8 Å². The van der Waals surface area contributed by atoms with Crippen molar-refractivity contribution in [2.24, 2.45) is 0 Å². The molecule has 0 unspecified atom stereocenters. The van der Waals surface area contributed by atoms with Gasteiger partial charge in [0.25, 0.3) is 5.56 Å². The van der Waals surface area contributed by atoms with Gasteiger partial charge in [0, 0.05) is 5.75 Å². The summed E-state index contributed by atoms with van der Waals surface area (Å²) in [6.07, 6.45) is 0. The summed E-state index contributed by atoms with van der Waals surface area (Å²) in [7, 11) is 0. The van der Waals surface area contributed by atoms with Crippen molar-refractivity contribution in [1.82, 2.24) is 15.2 Å². The Labute approximate surface area is 112 Å². The number of nitrogens with one attached hydrogen (secondary N) is 1. The van der Waals surface area contributed by atoms with E-state index in [2.05, 4.69) is 15.2 Å². The maximum Gasteiger partial charge on any atom is 0.335 e. The van der Waals surface area contributed by atoms with E-state index in [-0.39, 0.29) is 11.1 Å². The molecular formula is C12H11N3O3S. The zero-order valence-electron chi connectivity index (χ0n) is 10.1. The Kier molecular flexibility index (Phi) is 3.96. The first-order chi connectivity index (χ1) is 9.08. The van der Waals surface area contributed by atoms with Crippen LogP contribution in [0.15, 0.2) is 34.2 Å². The fourth-order valence-electron chi connectivity index (χ4n) is 1.44. The molecule has 2 aromatic rings. The fourth-order valence-corrected chi connectivity index (χ4v) is 2.25. The first-order valence-corrected chi connectivity index (χ1v) is 6.44. The van der Waals surface area contributed by atoms with Crippen molar-refractivity contribution in [2.75, 3.05) is 0 Å². The molecule has 0 spiro atoms. The second-order valence-corrected chi connectivity index (χ2v) is 4.76. The van der Waals surface area contributed by atoms with Crippen LogP contribution in [0.2, 0.25) is 0 Å². The van der Waals surface area contributed by atoms with Gasteiger partial charge in [-0.25, -0.2) is 4.79 Å². The number of aromatic nitrogens is 3. The quantitative estimate of drug-likeness (QED) is 0.821. The zero-order valence-corrected chi connectivity index (χ0v) is 10.9. The molecule has 7 heteroatoms. The van der Waals surface area contributed by atoms with Gasteiger partial charge in [0.05, 0.1) is 5.56 Å². The molecule has 1 aromatic heterocycles. The molecule has 0 saturated heterocycles. The Hall–Kier alpha value is -2.15. The molecule has 1 aromatic carbocycles. The molecule has 0 bridgehead atoms. The van der Waals surface area contributed by atoms with Gasteiger partial charge in [-0.15, -0.1) is 10.2 Å². The summed E-state index contributed by atoms with van der Waals surface area (Å²) in [6.45, 7) is 1.57. The normalized spacial score (nSPS) is 10.4. The number of rotatable bonds is 4. The number of nitrogens with zero attached hydrogens (tertiary/aromatic N) is 2. The summed E-state index contributed by atoms with van der Waals surface area (Å²) >= 11 is 1.24. The molecule has 2 N–H and O–H groups in total. The molecule has 0 radical (unpaired) electrons. The van der Waals surface area contributed by atoms with E-state index >= 15 is 0 Å². The van der Waals surface area contributed by atoms with Crippen LogP contribution in [0.1, 0.15) is 21.6 Å². The second kappa shape index (κ2) is 5.66. The third-order valence-corrected chi connectivity index (χ3v) is 3.36. The highest BCUT2D eigenvalue weighted by Crippen LogP contribution is 2.20. The molecule has 0 fully saturated rings. The highest BCUT2D eigenvalue weighted by atomic mass is 32.2. The summed E-state index contributed by atoms with van der Waals surface area (Å²) < 4.78 is 0. The Morgan fingerprint density at radius 3 is 2.79 bits per heavy atom. The predicted octanol–water partition coefficient (Wildman–Crippen LogP) is 1.46. The number of carboxylic acids is 1. The molecule has 0 saturated carbocycles. The van der Waals surface area contributed by atoms with Crippen LogP contribution in [0.3, 0.4) is 0 Å². The number of H-pyrrole nitrogens is 1. The number of aryl methyl sites for hydroxylation is 1. The summed E-state index contributed by atoms with van der Waals surface area (Å²) in [5, 5.41) is 17.0. The highest BCUT2D eigenvalue weighted by molar-refractivity contribution is 7.98. The molecule has 1 heterocycles. The smallest absolute Gasteiger partial charge is 0.335 e. The lowest BCUT2D eigenvalue weighted by Crippen LogP contribution is -2.14. The molecule has 0 aliphatic carbocycles. The van der Waals surface area contributed by atoms with Gasteiger partial charge in [0.1, 0.15) is 5.69 Å². The monoisotopic (exact) mass is 277 g/mol. The van der Waals surface area contributed by atoms with Gasteiger partial charge in [0.15, 0.2) is 5.16 Å². The van der Waals surface area contributed by atoms with Crippen LogP contribution >= 0.6 is 11.8 Å². The number of carboxylic acid groups (broad SMARTS) is 1.